The summed E-state index contributed by atoms with van der Waals surface area (Å²) >= 11 is 0. The lowest BCUT2D eigenvalue weighted by molar-refractivity contribution is -0.0861. The average molecular weight is 280 g/mol. The van der Waals surface area contributed by atoms with Gasteiger partial charge in [-0.15, -0.1) is 0 Å². The fourth-order valence-corrected chi connectivity index (χ4v) is 4.71. The molecule has 3 rings (SSSR count). The Morgan fingerprint density at radius 3 is 2.60 bits per heavy atom. The minimum absolute atomic E-state index is 0.368. The molecule has 0 aromatic rings. The molecule has 1 saturated heterocycles. The number of morpholine rings is 1. The molecule has 2 saturated carbocycles. The van der Waals surface area contributed by atoms with Gasteiger partial charge in [-0.2, -0.15) is 0 Å². The first-order chi connectivity index (χ1) is 9.47. The Kier molecular flexibility index (Phi) is 4.13. The third-order valence-electron chi connectivity index (χ3n) is 6.04. The highest BCUT2D eigenvalue weighted by atomic mass is 16.5. The lowest BCUT2D eigenvalue weighted by Crippen LogP contribution is -2.60. The fourth-order valence-electron chi connectivity index (χ4n) is 4.71. The monoisotopic (exact) mass is 280 g/mol. The molecule has 3 aliphatic rings. The lowest BCUT2D eigenvalue weighted by Gasteiger charge is -2.49. The second kappa shape index (κ2) is 5.58. The normalized spacial score (nSPS) is 43.5. The number of hydrogen-bond donors (Lipinski definition) is 1. The summed E-state index contributed by atoms with van der Waals surface area (Å²) in [6.45, 7) is 9.18. The van der Waals surface area contributed by atoms with Gasteiger partial charge >= 0.3 is 0 Å². The van der Waals surface area contributed by atoms with Crippen LogP contribution in [-0.4, -0.2) is 42.3 Å². The number of fused-ring (bicyclic) bond motifs is 1. The summed E-state index contributed by atoms with van der Waals surface area (Å²) in [5.74, 6) is 0.815. The molecular formula is C17H32N2O. The van der Waals surface area contributed by atoms with Crippen LogP contribution >= 0.6 is 0 Å². The van der Waals surface area contributed by atoms with Crippen molar-refractivity contribution in [3.63, 3.8) is 0 Å². The second-order valence-corrected chi connectivity index (χ2v) is 8.25. The van der Waals surface area contributed by atoms with Gasteiger partial charge in [0.25, 0.3) is 0 Å². The van der Waals surface area contributed by atoms with E-state index < -0.39 is 0 Å². The van der Waals surface area contributed by atoms with E-state index >= 15 is 0 Å². The van der Waals surface area contributed by atoms with Gasteiger partial charge in [0.1, 0.15) is 0 Å². The molecule has 0 radical (unpaired) electrons. The summed E-state index contributed by atoms with van der Waals surface area (Å²) in [5.41, 5.74) is 6.93. The lowest BCUT2D eigenvalue weighted by atomic mass is 9.69. The van der Waals surface area contributed by atoms with Gasteiger partial charge in [0, 0.05) is 24.7 Å². The first-order valence-electron chi connectivity index (χ1n) is 8.60. The summed E-state index contributed by atoms with van der Waals surface area (Å²) in [5, 5.41) is 0. The predicted molar refractivity (Wildman–Crippen MR) is 82.6 cm³/mol. The quantitative estimate of drug-likeness (QED) is 0.802. The third kappa shape index (κ3) is 2.77. The highest BCUT2D eigenvalue weighted by molar-refractivity contribution is 4.99. The van der Waals surface area contributed by atoms with Crippen LogP contribution < -0.4 is 5.73 Å². The van der Waals surface area contributed by atoms with Crippen LogP contribution in [0.3, 0.4) is 0 Å². The van der Waals surface area contributed by atoms with Crippen LogP contribution in [0.1, 0.15) is 59.3 Å². The second-order valence-electron chi connectivity index (χ2n) is 8.25. The van der Waals surface area contributed by atoms with Gasteiger partial charge < -0.3 is 10.5 Å². The molecule has 5 atom stereocenters. The van der Waals surface area contributed by atoms with Crippen molar-refractivity contribution in [2.45, 2.75) is 83.5 Å². The van der Waals surface area contributed by atoms with Crippen molar-refractivity contribution < 1.29 is 4.74 Å². The molecule has 1 heterocycles. The zero-order chi connectivity index (χ0) is 14.3. The number of nitrogens with two attached hydrogens (primary N) is 1. The summed E-state index contributed by atoms with van der Waals surface area (Å²) in [6.07, 6.45) is 8.18. The number of ether oxygens (including phenoxy) is 1. The third-order valence-corrected chi connectivity index (χ3v) is 6.04. The zero-order valence-corrected chi connectivity index (χ0v) is 13.5. The van der Waals surface area contributed by atoms with Crippen LogP contribution in [-0.2, 0) is 4.74 Å². The average Bonchev–Trinajstić information content (AvgIpc) is 2.86. The molecule has 2 aliphatic carbocycles. The summed E-state index contributed by atoms with van der Waals surface area (Å²) in [4.78, 5) is 2.74. The van der Waals surface area contributed by atoms with E-state index in [9.17, 15) is 0 Å². The van der Waals surface area contributed by atoms with Crippen LogP contribution in [0.15, 0.2) is 0 Å². The Hall–Kier alpha value is -0.120. The number of hydrogen-bond acceptors (Lipinski definition) is 3. The molecule has 3 heteroatoms. The van der Waals surface area contributed by atoms with E-state index in [2.05, 4.69) is 25.7 Å². The molecule has 0 bridgehead atoms. The van der Waals surface area contributed by atoms with Crippen molar-refractivity contribution in [1.29, 1.82) is 0 Å². The molecule has 0 aromatic heterocycles. The molecule has 0 aromatic carbocycles. The minimum atomic E-state index is 0.368. The highest BCUT2D eigenvalue weighted by Crippen LogP contribution is 2.41. The van der Waals surface area contributed by atoms with Gasteiger partial charge in [-0.25, -0.2) is 0 Å². The first-order valence-corrected chi connectivity index (χ1v) is 8.60. The number of nitrogens with zero attached hydrogens (tertiary/aromatic N) is 1. The Labute approximate surface area is 124 Å². The summed E-state index contributed by atoms with van der Waals surface area (Å²) in [7, 11) is 0. The van der Waals surface area contributed by atoms with Gasteiger partial charge in [0.15, 0.2) is 0 Å². The van der Waals surface area contributed by atoms with Gasteiger partial charge in [-0.1, -0.05) is 20.8 Å². The Bertz CT molecular complexity index is 338. The van der Waals surface area contributed by atoms with Crippen LogP contribution in [0.25, 0.3) is 0 Å². The van der Waals surface area contributed by atoms with E-state index in [0.29, 0.717) is 29.6 Å². The highest BCUT2D eigenvalue weighted by Gasteiger charge is 2.44. The molecule has 5 unspecified atom stereocenters. The molecule has 1 aliphatic heterocycles. The van der Waals surface area contributed by atoms with Crippen LogP contribution in [0, 0.1) is 11.3 Å². The van der Waals surface area contributed by atoms with Gasteiger partial charge in [0.05, 0.1) is 12.7 Å². The largest absolute Gasteiger partial charge is 0.375 e. The van der Waals surface area contributed by atoms with Crippen molar-refractivity contribution in [3.8, 4) is 0 Å². The Morgan fingerprint density at radius 1 is 1.05 bits per heavy atom. The van der Waals surface area contributed by atoms with Crippen LogP contribution in [0.2, 0.25) is 0 Å². The van der Waals surface area contributed by atoms with Crippen LogP contribution in [0.5, 0.6) is 0 Å². The molecule has 3 nitrogen and oxygen atoms in total. The zero-order valence-electron chi connectivity index (χ0n) is 13.5. The fraction of sp³-hybridized carbons (Fsp3) is 1.00. The Balaban J connectivity index is 1.73. The van der Waals surface area contributed by atoms with Crippen molar-refractivity contribution in [3.05, 3.63) is 0 Å². The summed E-state index contributed by atoms with van der Waals surface area (Å²) in [6, 6.07) is 1.61. The molecule has 3 fully saturated rings. The molecule has 0 spiro atoms. The topological polar surface area (TPSA) is 38.5 Å². The standard InChI is InChI=1S/C17H32N2O/c1-17(2,3)12-7-8-13(18)15(11-12)19-9-10-20-16-6-4-5-14(16)19/h12-16H,4-11,18H2,1-3H3. The molecule has 2 N–H and O–H groups in total. The molecule has 20 heavy (non-hydrogen) atoms. The maximum Gasteiger partial charge on any atom is 0.0731 e. The van der Waals surface area contributed by atoms with Crippen molar-refractivity contribution in [2.24, 2.45) is 17.1 Å². The van der Waals surface area contributed by atoms with E-state index in [4.69, 9.17) is 10.5 Å². The van der Waals surface area contributed by atoms with Crippen molar-refractivity contribution >= 4 is 0 Å². The summed E-state index contributed by atoms with van der Waals surface area (Å²) < 4.78 is 5.97. The van der Waals surface area contributed by atoms with Crippen molar-refractivity contribution in [2.75, 3.05) is 13.2 Å². The van der Waals surface area contributed by atoms with Crippen molar-refractivity contribution in [1.82, 2.24) is 4.90 Å². The Morgan fingerprint density at radius 2 is 1.85 bits per heavy atom. The first kappa shape index (κ1) is 14.8. The molecular weight excluding hydrogens is 248 g/mol. The van der Waals surface area contributed by atoms with Gasteiger partial charge in [-0.3, -0.25) is 4.90 Å². The minimum Gasteiger partial charge on any atom is -0.375 e. The maximum absolute atomic E-state index is 6.52. The van der Waals surface area contributed by atoms with E-state index in [1.54, 1.807) is 0 Å². The SMILES string of the molecule is CC(C)(C)C1CCC(N)C(N2CCOC3CCCC32)C1. The van der Waals surface area contributed by atoms with Gasteiger partial charge in [-0.05, 0) is 49.9 Å². The smallest absolute Gasteiger partial charge is 0.0731 e. The van der Waals surface area contributed by atoms with E-state index in [-0.39, 0.29) is 0 Å². The van der Waals surface area contributed by atoms with Gasteiger partial charge in [0.2, 0.25) is 0 Å². The van der Waals surface area contributed by atoms with Crippen LogP contribution in [0.4, 0.5) is 0 Å². The van der Waals surface area contributed by atoms with E-state index in [1.807, 2.05) is 0 Å². The van der Waals surface area contributed by atoms with E-state index in [0.717, 1.165) is 19.1 Å². The van der Waals surface area contributed by atoms with E-state index in [1.165, 1.54) is 38.5 Å². The maximum atomic E-state index is 6.52. The molecule has 116 valence electrons. The molecule has 0 amide bonds. The predicted octanol–water partition coefficient (Wildman–Crippen LogP) is 2.78. The number of rotatable bonds is 1.